The predicted octanol–water partition coefficient (Wildman–Crippen LogP) is 21.2. The number of benzene rings is 2. The first-order valence-electron chi connectivity index (χ1n) is 26.3. The molecule has 2 heteroatoms. The van der Waals surface area contributed by atoms with Crippen molar-refractivity contribution in [1.29, 1.82) is 0 Å². The van der Waals surface area contributed by atoms with Gasteiger partial charge in [-0.3, -0.25) is 0 Å². The maximum absolute atomic E-state index is 2.53. The van der Waals surface area contributed by atoms with Crippen molar-refractivity contribution in [2.24, 2.45) is 11.8 Å². The standard InChI is InChI=1S/C58H92S2/c1-5-9-13-17-21-23-27-31-35-49(33-29-25-19-15-11-7-3)41-51-43-57(59-47-51)55-39-37-54-46-56(40-38-53(54)45-55)58-44-52(48-60-58)42-50(34-30-26-20-16-12-8-4)36-32-28-24-22-18-14-10-6-2/h37-40,43-50H,5-36,41-42H2,1-4H3. The number of rotatable bonds is 38. The fraction of sp³-hybridized carbons (Fsp3) is 0.690. The van der Waals surface area contributed by atoms with Crippen LogP contribution in [0.5, 0.6) is 0 Å². The van der Waals surface area contributed by atoms with Gasteiger partial charge in [-0.15, -0.1) is 22.7 Å². The van der Waals surface area contributed by atoms with Gasteiger partial charge in [0.25, 0.3) is 0 Å². The van der Waals surface area contributed by atoms with E-state index in [0.29, 0.717) is 0 Å². The second kappa shape index (κ2) is 32.7. The van der Waals surface area contributed by atoms with Gasteiger partial charge >= 0.3 is 0 Å². The van der Waals surface area contributed by atoms with Gasteiger partial charge in [-0.05, 0) is 92.7 Å². The minimum atomic E-state index is 0.840. The normalized spacial score (nSPS) is 12.8. The summed E-state index contributed by atoms with van der Waals surface area (Å²) < 4.78 is 0. The zero-order valence-corrected chi connectivity index (χ0v) is 41.4. The van der Waals surface area contributed by atoms with E-state index in [-0.39, 0.29) is 0 Å². The number of thiophene rings is 2. The van der Waals surface area contributed by atoms with E-state index in [9.17, 15) is 0 Å². The van der Waals surface area contributed by atoms with Gasteiger partial charge in [0.2, 0.25) is 0 Å². The van der Waals surface area contributed by atoms with Crippen molar-refractivity contribution in [2.75, 3.05) is 0 Å². The van der Waals surface area contributed by atoms with E-state index >= 15 is 0 Å². The molecule has 2 aromatic heterocycles. The molecule has 60 heavy (non-hydrogen) atoms. The molecule has 2 aromatic carbocycles. The average molecular weight is 854 g/mol. The summed E-state index contributed by atoms with van der Waals surface area (Å²) >= 11 is 3.92. The molecule has 0 aliphatic heterocycles. The molecule has 4 aromatic rings. The van der Waals surface area contributed by atoms with Crippen LogP contribution >= 0.6 is 22.7 Å². The van der Waals surface area contributed by atoms with Crippen molar-refractivity contribution in [2.45, 2.75) is 246 Å². The van der Waals surface area contributed by atoms with Crippen LogP contribution in [0.25, 0.3) is 31.7 Å². The van der Waals surface area contributed by atoms with Crippen molar-refractivity contribution in [3.63, 3.8) is 0 Å². The van der Waals surface area contributed by atoms with Crippen LogP contribution in [0.2, 0.25) is 0 Å². The van der Waals surface area contributed by atoms with Crippen LogP contribution in [-0.2, 0) is 12.8 Å². The Kier molecular flexibility index (Phi) is 27.7. The topological polar surface area (TPSA) is 0 Å². The van der Waals surface area contributed by atoms with Gasteiger partial charge in [0.05, 0.1) is 0 Å². The molecule has 336 valence electrons. The molecule has 0 amide bonds. The van der Waals surface area contributed by atoms with Crippen molar-refractivity contribution < 1.29 is 0 Å². The predicted molar refractivity (Wildman–Crippen MR) is 275 cm³/mol. The number of unbranched alkanes of at least 4 members (excludes halogenated alkanes) is 24. The van der Waals surface area contributed by atoms with Crippen LogP contribution < -0.4 is 0 Å². The third kappa shape index (κ3) is 21.0. The third-order valence-corrected chi connectivity index (χ3v) is 15.7. The largest absolute Gasteiger partial charge is 0.144 e. The zero-order chi connectivity index (χ0) is 42.3. The maximum Gasteiger partial charge on any atom is 0.0345 e. The summed E-state index contributed by atoms with van der Waals surface area (Å²) in [5.74, 6) is 1.68. The van der Waals surface area contributed by atoms with Crippen LogP contribution in [0, 0.1) is 11.8 Å². The van der Waals surface area contributed by atoms with Crippen LogP contribution in [-0.4, -0.2) is 0 Å². The lowest BCUT2D eigenvalue weighted by atomic mass is 9.89. The van der Waals surface area contributed by atoms with E-state index in [1.807, 2.05) is 22.7 Å². The van der Waals surface area contributed by atoms with Gasteiger partial charge in [0.15, 0.2) is 0 Å². The molecule has 0 fully saturated rings. The Bertz CT molecular complexity index is 1490. The van der Waals surface area contributed by atoms with E-state index in [2.05, 4.69) is 87.0 Å². The van der Waals surface area contributed by atoms with E-state index in [0.717, 1.165) is 11.8 Å². The summed E-state index contributed by atoms with van der Waals surface area (Å²) in [4.78, 5) is 2.87. The minimum Gasteiger partial charge on any atom is -0.144 e. The first-order valence-corrected chi connectivity index (χ1v) is 28.1. The lowest BCUT2D eigenvalue weighted by molar-refractivity contribution is 0.400. The third-order valence-electron chi connectivity index (χ3n) is 13.6. The first-order chi connectivity index (χ1) is 29.6. The fourth-order valence-corrected chi connectivity index (χ4v) is 11.6. The second-order valence-electron chi connectivity index (χ2n) is 19.2. The summed E-state index contributed by atoms with van der Waals surface area (Å²) in [6.45, 7) is 9.30. The Morgan fingerprint density at radius 2 is 0.617 bits per heavy atom. The molecule has 2 heterocycles. The van der Waals surface area contributed by atoms with Gasteiger partial charge in [-0.2, -0.15) is 0 Å². The van der Waals surface area contributed by atoms with Gasteiger partial charge in [0, 0.05) is 9.75 Å². The highest BCUT2D eigenvalue weighted by atomic mass is 32.1. The van der Waals surface area contributed by atoms with Crippen molar-refractivity contribution in [1.82, 2.24) is 0 Å². The molecular formula is C58H92S2. The van der Waals surface area contributed by atoms with E-state index in [4.69, 9.17) is 0 Å². The quantitative estimate of drug-likeness (QED) is 0.0394. The van der Waals surface area contributed by atoms with Crippen molar-refractivity contribution in [3.05, 3.63) is 70.4 Å². The Hall–Kier alpha value is -1.90. The van der Waals surface area contributed by atoms with E-state index in [1.165, 1.54) is 250 Å². The van der Waals surface area contributed by atoms with Crippen molar-refractivity contribution in [3.8, 4) is 20.9 Å². The van der Waals surface area contributed by atoms with Gasteiger partial charge < -0.3 is 0 Å². The average Bonchev–Trinajstić information content (AvgIpc) is 3.94. The molecule has 0 radical (unpaired) electrons. The van der Waals surface area contributed by atoms with Crippen LogP contribution in [0.15, 0.2) is 59.3 Å². The molecular weight excluding hydrogens is 761 g/mol. The van der Waals surface area contributed by atoms with E-state index < -0.39 is 0 Å². The number of fused-ring (bicyclic) bond motifs is 1. The van der Waals surface area contributed by atoms with Gasteiger partial charge in [0.1, 0.15) is 0 Å². The van der Waals surface area contributed by atoms with Gasteiger partial charge in [-0.1, -0.05) is 257 Å². The fourth-order valence-electron chi connectivity index (χ4n) is 9.74. The lowest BCUT2D eigenvalue weighted by Crippen LogP contribution is -2.05. The Balaban J connectivity index is 1.32. The summed E-state index contributed by atoms with van der Waals surface area (Å²) in [5, 5.41) is 7.69. The van der Waals surface area contributed by atoms with Crippen molar-refractivity contribution >= 4 is 33.4 Å². The molecule has 0 aliphatic carbocycles. The molecule has 0 saturated heterocycles. The Labute approximate surface area is 380 Å². The van der Waals surface area contributed by atoms with Crippen LogP contribution in [0.4, 0.5) is 0 Å². The van der Waals surface area contributed by atoms with E-state index in [1.54, 1.807) is 11.1 Å². The lowest BCUT2D eigenvalue weighted by Gasteiger charge is -2.16. The molecule has 2 unspecified atom stereocenters. The highest BCUT2D eigenvalue weighted by molar-refractivity contribution is 7.14. The highest BCUT2D eigenvalue weighted by Gasteiger charge is 2.15. The molecule has 2 atom stereocenters. The zero-order valence-electron chi connectivity index (χ0n) is 39.8. The molecule has 0 spiro atoms. The molecule has 0 aliphatic rings. The molecule has 0 nitrogen and oxygen atoms in total. The Morgan fingerprint density at radius 1 is 0.333 bits per heavy atom. The number of hydrogen-bond acceptors (Lipinski definition) is 2. The molecule has 0 bridgehead atoms. The molecule has 0 N–H and O–H groups in total. The summed E-state index contributed by atoms with van der Waals surface area (Å²) in [6, 6.07) is 19.5. The molecule has 0 saturated carbocycles. The Morgan fingerprint density at radius 3 is 0.917 bits per heavy atom. The van der Waals surface area contributed by atoms with Gasteiger partial charge in [-0.25, -0.2) is 0 Å². The monoisotopic (exact) mass is 853 g/mol. The maximum atomic E-state index is 2.53. The first kappa shape index (κ1) is 50.7. The highest BCUT2D eigenvalue weighted by Crippen LogP contribution is 2.36. The molecule has 4 rings (SSSR count). The smallest absolute Gasteiger partial charge is 0.0345 e. The summed E-state index contributed by atoms with van der Waals surface area (Å²) in [5.41, 5.74) is 5.91. The minimum absolute atomic E-state index is 0.840. The summed E-state index contributed by atoms with van der Waals surface area (Å²) in [7, 11) is 0. The number of hydrogen-bond donors (Lipinski definition) is 0. The van der Waals surface area contributed by atoms with Crippen LogP contribution in [0.1, 0.15) is 244 Å². The second-order valence-corrected chi connectivity index (χ2v) is 21.0. The summed E-state index contributed by atoms with van der Waals surface area (Å²) in [6.07, 6.45) is 47.8. The van der Waals surface area contributed by atoms with Crippen LogP contribution in [0.3, 0.4) is 0 Å². The SMILES string of the molecule is CCCCCCCCCCC(CCCCCCCC)Cc1csc(-c2ccc3cc(-c4cc(CC(CCCCCCCC)CCCCCCCCCC)cs4)ccc3c2)c1.